The molecule has 96 valence electrons. The van der Waals surface area contributed by atoms with Gasteiger partial charge in [0.1, 0.15) is 0 Å². The Labute approximate surface area is 101 Å². The molecule has 0 aliphatic heterocycles. The Bertz CT molecular complexity index is 209. The van der Waals surface area contributed by atoms with Gasteiger partial charge in [-0.1, -0.05) is 20.8 Å². The van der Waals surface area contributed by atoms with Crippen LogP contribution in [-0.2, 0) is 0 Å². The Hall–Kier alpha value is -0.0800. The molecular formula is C14H29NO. The lowest BCUT2D eigenvalue weighted by Gasteiger charge is -2.46. The van der Waals surface area contributed by atoms with E-state index in [9.17, 15) is 5.11 Å². The van der Waals surface area contributed by atoms with Crippen LogP contribution in [0.5, 0.6) is 0 Å². The maximum atomic E-state index is 9.20. The zero-order valence-electron chi connectivity index (χ0n) is 11.4. The summed E-state index contributed by atoms with van der Waals surface area (Å²) in [6.07, 6.45) is 5.79. The Kier molecular flexibility index (Phi) is 4.42. The number of hydrogen-bond acceptors (Lipinski definition) is 2. The van der Waals surface area contributed by atoms with Crippen molar-refractivity contribution in [1.29, 1.82) is 0 Å². The molecule has 1 aliphatic rings. The standard InChI is InChI=1S/C14H29NO/c1-11(15)14(9-10-16)7-5-12(6-8-14)13(2,3)4/h11-12,16H,5-10,15H2,1-4H3. The molecule has 0 amide bonds. The van der Waals surface area contributed by atoms with Gasteiger partial charge in [0.2, 0.25) is 0 Å². The summed E-state index contributed by atoms with van der Waals surface area (Å²) >= 11 is 0. The quantitative estimate of drug-likeness (QED) is 0.778. The van der Waals surface area contributed by atoms with E-state index in [2.05, 4.69) is 27.7 Å². The van der Waals surface area contributed by atoms with Crippen molar-refractivity contribution in [2.75, 3.05) is 6.61 Å². The second kappa shape index (κ2) is 5.05. The van der Waals surface area contributed by atoms with Gasteiger partial charge in [-0.05, 0) is 55.8 Å². The normalized spacial score (nSPS) is 33.8. The molecule has 1 aliphatic carbocycles. The highest BCUT2D eigenvalue weighted by Gasteiger charge is 2.40. The summed E-state index contributed by atoms with van der Waals surface area (Å²) in [4.78, 5) is 0. The fourth-order valence-electron chi connectivity index (χ4n) is 3.21. The van der Waals surface area contributed by atoms with Crippen LogP contribution in [0, 0.1) is 16.7 Å². The molecule has 0 heterocycles. The van der Waals surface area contributed by atoms with E-state index in [-0.39, 0.29) is 18.1 Å². The topological polar surface area (TPSA) is 46.2 Å². The van der Waals surface area contributed by atoms with Crippen LogP contribution in [0.3, 0.4) is 0 Å². The summed E-state index contributed by atoms with van der Waals surface area (Å²) < 4.78 is 0. The van der Waals surface area contributed by atoms with E-state index in [4.69, 9.17) is 5.73 Å². The van der Waals surface area contributed by atoms with Crippen LogP contribution in [0.25, 0.3) is 0 Å². The maximum Gasteiger partial charge on any atom is 0.0436 e. The van der Waals surface area contributed by atoms with Crippen LogP contribution in [0.15, 0.2) is 0 Å². The molecule has 0 spiro atoms. The molecule has 1 atom stereocenters. The van der Waals surface area contributed by atoms with Crippen molar-refractivity contribution in [3.63, 3.8) is 0 Å². The van der Waals surface area contributed by atoms with Gasteiger partial charge in [-0.25, -0.2) is 0 Å². The van der Waals surface area contributed by atoms with Crippen molar-refractivity contribution in [1.82, 2.24) is 0 Å². The number of hydrogen-bond donors (Lipinski definition) is 2. The first-order valence-electron chi connectivity index (χ1n) is 6.68. The average molecular weight is 227 g/mol. The number of rotatable bonds is 3. The van der Waals surface area contributed by atoms with Crippen LogP contribution < -0.4 is 5.73 Å². The number of aliphatic hydroxyl groups excluding tert-OH is 1. The summed E-state index contributed by atoms with van der Waals surface area (Å²) in [6.45, 7) is 9.39. The van der Waals surface area contributed by atoms with Gasteiger partial charge < -0.3 is 10.8 Å². The average Bonchev–Trinajstić information content (AvgIpc) is 2.17. The monoisotopic (exact) mass is 227 g/mol. The second-order valence-electron chi connectivity index (χ2n) is 6.76. The van der Waals surface area contributed by atoms with Crippen molar-refractivity contribution in [3.8, 4) is 0 Å². The Morgan fingerprint density at radius 1 is 1.31 bits per heavy atom. The Morgan fingerprint density at radius 2 is 1.81 bits per heavy atom. The van der Waals surface area contributed by atoms with Crippen LogP contribution in [0.4, 0.5) is 0 Å². The molecule has 0 aromatic rings. The van der Waals surface area contributed by atoms with E-state index in [1.807, 2.05) is 0 Å². The molecule has 0 radical (unpaired) electrons. The molecule has 0 aromatic carbocycles. The van der Waals surface area contributed by atoms with Gasteiger partial charge in [0.05, 0.1) is 0 Å². The first-order chi connectivity index (χ1) is 7.32. The van der Waals surface area contributed by atoms with E-state index in [0.717, 1.165) is 12.3 Å². The van der Waals surface area contributed by atoms with E-state index < -0.39 is 0 Å². The summed E-state index contributed by atoms with van der Waals surface area (Å²) in [6, 6.07) is 0.209. The summed E-state index contributed by atoms with van der Waals surface area (Å²) in [5.41, 5.74) is 6.76. The third-order valence-electron chi connectivity index (χ3n) is 4.78. The molecule has 3 N–H and O–H groups in total. The zero-order valence-corrected chi connectivity index (χ0v) is 11.4. The van der Waals surface area contributed by atoms with Crippen molar-refractivity contribution >= 4 is 0 Å². The minimum atomic E-state index is 0.205. The minimum Gasteiger partial charge on any atom is -0.396 e. The predicted molar refractivity (Wildman–Crippen MR) is 69.2 cm³/mol. The second-order valence-corrected chi connectivity index (χ2v) is 6.76. The van der Waals surface area contributed by atoms with E-state index >= 15 is 0 Å². The SMILES string of the molecule is CC(N)C1(CCO)CCC(C(C)(C)C)CC1. The van der Waals surface area contributed by atoms with Crippen molar-refractivity contribution < 1.29 is 5.11 Å². The third-order valence-corrected chi connectivity index (χ3v) is 4.78. The van der Waals surface area contributed by atoms with Crippen LogP contribution in [-0.4, -0.2) is 17.8 Å². The molecule has 0 saturated heterocycles. The summed E-state index contributed by atoms with van der Waals surface area (Å²) in [5, 5.41) is 9.20. The molecule has 1 saturated carbocycles. The molecule has 1 unspecified atom stereocenters. The fourth-order valence-corrected chi connectivity index (χ4v) is 3.21. The van der Waals surface area contributed by atoms with Gasteiger partial charge in [0, 0.05) is 12.6 Å². The van der Waals surface area contributed by atoms with Crippen LogP contribution in [0.2, 0.25) is 0 Å². The highest BCUT2D eigenvalue weighted by Crippen LogP contribution is 2.48. The molecule has 1 fully saturated rings. The van der Waals surface area contributed by atoms with Gasteiger partial charge >= 0.3 is 0 Å². The molecular weight excluding hydrogens is 198 g/mol. The first kappa shape index (κ1) is 14.0. The van der Waals surface area contributed by atoms with E-state index in [1.54, 1.807) is 0 Å². The van der Waals surface area contributed by atoms with E-state index in [0.29, 0.717) is 5.41 Å². The van der Waals surface area contributed by atoms with Gasteiger partial charge in [-0.2, -0.15) is 0 Å². The molecule has 0 aromatic heterocycles. The van der Waals surface area contributed by atoms with Crippen LogP contribution >= 0.6 is 0 Å². The Balaban J connectivity index is 2.63. The largest absolute Gasteiger partial charge is 0.396 e. The molecule has 0 bridgehead atoms. The smallest absolute Gasteiger partial charge is 0.0436 e. The third kappa shape index (κ3) is 2.98. The molecule has 1 rings (SSSR count). The lowest BCUT2D eigenvalue weighted by atomic mass is 9.61. The van der Waals surface area contributed by atoms with Gasteiger partial charge in [-0.15, -0.1) is 0 Å². The highest BCUT2D eigenvalue weighted by molar-refractivity contribution is 4.93. The lowest BCUT2D eigenvalue weighted by Crippen LogP contribution is -2.44. The van der Waals surface area contributed by atoms with E-state index in [1.165, 1.54) is 25.7 Å². The minimum absolute atomic E-state index is 0.205. The molecule has 2 heteroatoms. The number of aliphatic hydroxyl groups is 1. The lowest BCUT2D eigenvalue weighted by molar-refractivity contribution is 0.0494. The summed E-state index contributed by atoms with van der Waals surface area (Å²) in [7, 11) is 0. The van der Waals surface area contributed by atoms with Crippen molar-refractivity contribution in [3.05, 3.63) is 0 Å². The highest BCUT2D eigenvalue weighted by atomic mass is 16.3. The fraction of sp³-hybridized carbons (Fsp3) is 1.00. The van der Waals surface area contributed by atoms with Gasteiger partial charge in [-0.3, -0.25) is 0 Å². The first-order valence-corrected chi connectivity index (χ1v) is 6.68. The predicted octanol–water partition coefficient (Wildman–Crippen LogP) is 2.94. The molecule has 16 heavy (non-hydrogen) atoms. The van der Waals surface area contributed by atoms with Crippen molar-refractivity contribution in [2.24, 2.45) is 22.5 Å². The van der Waals surface area contributed by atoms with Crippen LogP contribution in [0.1, 0.15) is 59.8 Å². The van der Waals surface area contributed by atoms with Gasteiger partial charge in [0.25, 0.3) is 0 Å². The Morgan fingerprint density at radius 3 is 2.12 bits per heavy atom. The number of nitrogens with two attached hydrogens (primary N) is 1. The van der Waals surface area contributed by atoms with Gasteiger partial charge in [0.15, 0.2) is 0 Å². The summed E-state index contributed by atoms with van der Waals surface area (Å²) in [5.74, 6) is 0.818. The zero-order chi connectivity index (χ0) is 12.4. The van der Waals surface area contributed by atoms with Crippen molar-refractivity contribution in [2.45, 2.75) is 65.8 Å². The maximum absolute atomic E-state index is 9.20. The molecule has 2 nitrogen and oxygen atoms in total.